The number of hydrogen-bond donors (Lipinski definition) is 0. The van der Waals surface area contributed by atoms with Crippen LogP contribution in [0.5, 0.6) is 0 Å². The average molecular weight is 290 g/mol. The molecule has 0 amide bonds. The second-order valence-electron chi connectivity index (χ2n) is 3.75. The Morgan fingerprint density at radius 3 is 2.76 bits per heavy atom. The van der Waals surface area contributed by atoms with E-state index < -0.39 is 0 Å². The second-order valence-corrected chi connectivity index (χ2v) is 4.67. The molecule has 0 atom stereocenters. The number of carbonyl (C=O) groups is 1. The fourth-order valence-electron chi connectivity index (χ4n) is 1.53. The van der Waals surface area contributed by atoms with Crippen molar-refractivity contribution in [3.63, 3.8) is 0 Å². The van der Waals surface area contributed by atoms with Crippen molar-refractivity contribution < 1.29 is 4.79 Å². The molecule has 0 saturated heterocycles. The summed E-state index contributed by atoms with van der Waals surface area (Å²) in [6, 6.07) is 0. The molecule has 1 aliphatic carbocycles. The molecule has 1 heterocycles. The number of nitrogens with zero attached hydrogens (tertiary/aromatic N) is 1. The van der Waals surface area contributed by atoms with Gasteiger partial charge in [0.25, 0.3) is 0 Å². The second kappa shape index (κ2) is 5.15. The Balaban J connectivity index is 2.23. The van der Waals surface area contributed by atoms with E-state index in [-0.39, 0.29) is 5.78 Å². The van der Waals surface area contributed by atoms with Crippen molar-refractivity contribution in [2.24, 2.45) is 0 Å². The molecule has 0 aromatic carbocycles. The summed E-state index contributed by atoms with van der Waals surface area (Å²) in [7, 11) is 1.97. The van der Waals surface area contributed by atoms with E-state index in [1.54, 1.807) is 12.2 Å². The van der Waals surface area contributed by atoms with Gasteiger partial charge in [0.05, 0.1) is 0 Å². The van der Waals surface area contributed by atoms with Gasteiger partial charge in [0.2, 0.25) is 0 Å². The van der Waals surface area contributed by atoms with Crippen molar-refractivity contribution in [1.82, 2.24) is 4.90 Å². The van der Waals surface area contributed by atoms with E-state index >= 15 is 0 Å². The first-order valence-electron chi connectivity index (χ1n) is 5.26. The highest BCUT2D eigenvalue weighted by atomic mass is 79.9. The zero-order valence-corrected chi connectivity index (χ0v) is 11.0. The minimum absolute atomic E-state index is 0.0306. The molecule has 2 nitrogen and oxygen atoms in total. The molecule has 2 aliphatic rings. The number of rotatable bonds is 1. The molecule has 0 spiro atoms. The number of hydrogen-bond acceptors (Lipinski definition) is 2. The third kappa shape index (κ3) is 2.94. The zero-order chi connectivity index (χ0) is 12.3. The zero-order valence-electron chi connectivity index (χ0n) is 9.43. The van der Waals surface area contributed by atoms with Crippen LogP contribution in [0.1, 0.15) is 0 Å². The van der Waals surface area contributed by atoms with Crippen molar-refractivity contribution in [1.29, 1.82) is 0 Å². The van der Waals surface area contributed by atoms with Crippen molar-refractivity contribution >= 4 is 21.7 Å². The molecule has 86 valence electrons. The van der Waals surface area contributed by atoms with Crippen molar-refractivity contribution in [3.05, 3.63) is 70.6 Å². The van der Waals surface area contributed by atoms with E-state index in [0.29, 0.717) is 5.57 Å². The molecule has 0 saturated carbocycles. The van der Waals surface area contributed by atoms with Crippen LogP contribution in [0.3, 0.4) is 0 Å². The lowest BCUT2D eigenvalue weighted by molar-refractivity contribution is -0.111. The Morgan fingerprint density at radius 2 is 2.00 bits per heavy atom. The Labute approximate surface area is 109 Å². The largest absolute Gasteiger partial charge is 0.351 e. The fraction of sp³-hybridized carbons (Fsp3) is 0.0714. The van der Waals surface area contributed by atoms with E-state index in [1.165, 1.54) is 0 Å². The molecule has 2 rings (SSSR count). The van der Waals surface area contributed by atoms with E-state index in [1.807, 2.05) is 54.6 Å². The molecule has 1 aliphatic heterocycles. The van der Waals surface area contributed by atoms with E-state index in [0.717, 1.165) is 10.2 Å². The van der Waals surface area contributed by atoms with Crippen molar-refractivity contribution in [2.45, 2.75) is 0 Å². The van der Waals surface area contributed by atoms with Crippen molar-refractivity contribution in [2.75, 3.05) is 7.05 Å². The molecule has 0 N–H and O–H groups in total. The SMILES string of the molecule is CN1C=CC=C/C1=C/C=C1\C=C(Br)C=CC1=O. The van der Waals surface area contributed by atoms with Gasteiger partial charge in [0.15, 0.2) is 5.78 Å². The lowest BCUT2D eigenvalue weighted by Gasteiger charge is -2.17. The third-order valence-electron chi connectivity index (χ3n) is 2.50. The Bertz CT molecular complexity index is 518. The van der Waals surface area contributed by atoms with Crippen LogP contribution in [-0.4, -0.2) is 17.7 Å². The monoisotopic (exact) mass is 289 g/mol. The average Bonchev–Trinajstić information content (AvgIpc) is 2.32. The summed E-state index contributed by atoms with van der Waals surface area (Å²) in [6.45, 7) is 0. The van der Waals surface area contributed by atoms with Crippen LogP contribution < -0.4 is 0 Å². The van der Waals surface area contributed by atoms with Crippen LogP contribution in [0, 0.1) is 0 Å². The minimum atomic E-state index is 0.0306. The summed E-state index contributed by atoms with van der Waals surface area (Å²) in [5.41, 5.74) is 1.73. The van der Waals surface area contributed by atoms with Gasteiger partial charge >= 0.3 is 0 Å². The van der Waals surface area contributed by atoms with Crippen LogP contribution >= 0.6 is 15.9 Å². The Kier molecular flexibility index (Phi) is 3.59. The smallest absolute Gasteiger partial charge is 0.185 e. The topological polar surface area (TPSA) is 20.3 Å². The maximum atomic E-state index is 11.6. The molecule has 0 unspecified atom stereocenters. The predicted molar refractivity (Wildman–Crippen MR) is 73.4 cm³/mol. The van der Waals surface area contributed by atoms with Crippen molar-refractivity contribution in [3.8, 4) is 0 Å². The maximum Gasteiger partial charge on any atom is 0.185 e. The number of carbonyl (C=O) groups excluding carboxylic acids is 1. The molecule has 0 radical (unpaired) electrons. The highest BCUT2D eigenvalue weighted by Gasteiger charge is 2.08. The van der Waals surface area contributed by atoms with Gasteiger partial charge in [-0.25, -0.2) is 0 Å². The van der Waals surface area contributed by atoms with Gasteiger partial charge in [-0.2, -0.15) is 0 Å². The molecular weight excluding hydrogens is 278 g/mol. The molecule has 3 heteroatoms. The van der Waals surface area contributed by atoms with Crippen LogP contribution in [0.4, 0.5) is 0 Å². The molecule has 0 bridgehead atoms. The van der Waals surface area contributed by atoms with Gasteiger partial charge in [-0.15, -0.1) is 0 Å². The van der Waals surface area contributed by atoms with Gasteiger partial charge in [-0.3, -0.25) is 4.79 Å². The summed E-state index contributed by atoms with van der Waals surface area (Å²) < 4.78 is 0.911. The fourth-order valence-corrected chi connectivity index (χ4v) is 1.91. The molecule has 0 fully saturated rings. The van der Waals surface area contributed by atoms with Crippen LogP contribution in [0.2, 0.25) is 0 Å². The standard InChI is InChI=1S/C14H12BrNO/c1-16-9-3-2-4-13(16)7-5-11-10-12(15)6-8-14(11)17/h2-10H,1H3/b11-5+,13-7-. The number of halogens is 1. The lowest BCUT2D eigenvalue weighted by atomic mass is 10.1. The van der Waals surface area contributed by atoms with Gasteiger partial charge in [-0.05, 0) is 42.5 Å². The predicted octanol–water partition coefficient (Wildman–Crippen LogP) is 3.23. The van der Waals surface area contributed by atoms with Gasteiger partial charge in [-0.1, -0.05) is 22.0 Å². The number of ketones is 1. The van der Waals surface area contributed by atoms with Gasteiger partial charge in [0.1, 0.15) is 0 Å². The van der Waals surface area contributed by atoms with E-state index in [4.69, 9.17) is 0 Å². The van der Waals surface area contributed by atoms with Crippen LogP contribution in [0.15, 0.2) is 70.6 Å². The molecule has 0 aromatic heterocycles. The molecule has 0 aromatic rings. The van der Waals surface area contributed by atoms with Crippen LogP contribution in [0.25, 0.3) is 0 Å². The van der Waals surface area contributed by atoms with E-state index in [9.17, 15) is 4.79 Å². The Morgan fingerprint density at radius 1 is 1.18 bits per heavy atom. The summed E-state index contributed by atoms with van der Waals surface area (Å²) in [5, 5.41) is 0. The summed E-state index contributed by atoms with van der Waals surface area (Å²) >= 11 is 3.36. The number of likely N-dealkylation sites (N-methyl/N-ethyl adjacent to an activating group) is 1. The van der Waals surface area contributed by atoms with E-state index in [2.05, 4.69) is 15.9 Å². The normalized spacial score (nSPS) is 23.8. The highest BCUT2D eigenvalue weighted by Crippen LogP contribution is 2.18. The minimum Gasteiger partial charge on any atom is -0.351 e. The van der Waals surface area contributed by atoms with Gasteiger partial charge < -0.3 is 4.90 Å². The van der Waals surface area contributed by atoms with Crippen LogP contribution in [-0.2, 0) is 4.79 Å². The first-order valence-corrected chi connectivity index (χ1v) is 6.05. The summed E-state index contributed by atoms with van der Waals surface area (Å²) in [6.07, 6.45) is 16.8. The lowest BCUT2D eigenvalue weighted by Crippen LogP contribution is -2.10. The Hall–Kier alpha value is -1.61. The first-order chi connectivity index (χ1) is 8.16. The molecular formula is C14H12BrNO. The number of allylic oxidation sites excluding steroid dienone is 10. The molecule has 17 heavy (non-hydrogen) atoms. The first kappa shape index (κ1) is 11.9. The summed E-state index contributed by atoms with van der Waals surface area (Å²) in [5.74, 6) is 0.0306. The summed E-state index contributed by atoms with van der Waals surface area (Å²) in [4.78, 5) is 13.6. The van der Waals surface area contributed by atoms with Gasteiger partial charge in [0, 0.05) is 29.0 Å². The maximum absolute atomic E-state index is 11.6. The third-order valence-corrected chi connectivity index (χ3v) is 2.99. The highest BCUT2D eigenvalue weighted by molar-refractivity contribution is 9.11. The quantitative estimate of drug-likeness (QED) is 0.691.